The quantitative estimate of drug-likeness (QED) is 0.771. The Morgan fingerprint density at radius 3 is 2.75 bits per heavy atom. The summed E-state index contributed by atoms with van der Waals surface area (Å²) in [5.41, 5.74) is 2.40. The summed E-state index contributed by atoms with van der Waals surface area (Å²) in [5.74, 6) is 0. The Kier molecular flexibility index (Phi) is 4.87. The van der Waals surface area contributed by atoms with Crippen LogP contribution in [0, 0.1) is 0 Å². The first-order valence-electron chi connectivity index (χ1n) is 7.19. The normalized spacial score (nSPS) is 24.3. The molecular formula is C15H20BrClN2O. The molecule has 0 aliphatic carbocycles. The lowest BCUT2D eigenvalue weighted by Crippen LogP contribution is -2.44. The third-order valence-electron chi connectivity index (χ3n) is 4.27. The van der Waals surface area contributed by atoms with Crippen molar-refractivity contribution in [1.82, 2.24) is 4.90 Å². The van der Waals surface area contributed by atoms with Crippen molar-refractivity contribution in [3.63, 3.8) is 0 Å². The first kappa shape index (κ1) is 14.6. The molecule has 3 nitrogen and oxygen atoms in total. The third-order valence-corrected chi connectivity index (χ3v) is 5.23. The maximum Gasteiger partial charge on any atom is 0.0594 e. The van der Waals surface area contributed by atoms with E-state index in [0.29, 0.717) is 6.04 Å². The number of halogens is 2. The predicted octanol–water partition coefficient (Wildman–Crippen LogP) is 3.15. The minimum atomic E-state index is 0.661. The van der Waals surface area contributed by atoms with E-state index in [2.05, 4.69) is 43.9 Å². The van der Waals surface area contributed by atoms with Gasteiger partial charge in [-0.25, -0.2) is 0 Å². The van der Waals surface area contributed by atoms with Crippen LogP contribution in [0.15, 0.2) is 18.2 Å². The van der Waals surface area contributed by atoms with Crippen LogP contribution >= 0.6 is 27.5 Å². The molecule has 0 radical (unpaired) electrons. The molecule has 1 aromatic carbocycles. The highest BCUT2D eigenvalue weighted by molar-refractivity contribution is 9.08. The minimum Gasteiger partial charge on any atom is -0.379 e. The van der Waals surface area contributed by atoms with Gasteiger partial charge in [0.25, 0.3) is 0 Å². The number of nitrogens with zero attached hydrogens (tertiary/aromatic N) is 2. The highest BCUT2D eigenvalue weighted by Crippen LogP contribution is 2.28. The number of anilines is 1. The fourth-order valence-electron chi connectivity index (χ4n) is 3.06. The number of rotatable bonds is 3. The zero-order valence-corrected chi connectivity index (χ0v) is 13.9. The van der Waals surface area contributed by atoms with E-state index >= 15 is 0 Å². The summed E-state index contributed by atoms with van der Waals surface area (Å²) in [7, 11) is 0. The lowest BCUT2D eigenvalue weighted by molar-refractivity contribution is 0.0209. The molecule has 1 unspecified atom stereocenters. The number of benzene rings is 1. The second kappa shape index (κ2) is 6.65. The Morgan fingerprint density at radius 2 is 2.05 bits per heavy atom. The molecule has 0 aromatic heterocycles. The molecule has 2 aliphatic heterocycles. The first-order chi connectivity index (χ1) is 9.78. The molecule has 0 amide bonds. The maximum absolute atomic E-state index is 6.31. The van der Waals surface area contributed by atoms with Gasteiger partial charge in [0.1, 0.15) is 0 Å². The van der Waals surface area contributed by atoms with Crippen LogP contribution in [-0.4, -0.2) is 50.3 Å². The summed E-state index contributed by atoms with van der Waals surface area (Å²) in [5, 5.41) is 1.66. The summed E-state index contributed by atoms with van der Waals surface area (Å²) >= 11 is 9.77. The molecule has 2 saturated heterocycles. The molecule has 1 aromatic rings. The Balaban J connectivity index is 1.65. The van der Waals surface area contributed by atoms with E-state index in [1.807, 2.05) is 0 Å². The number of hydrogen-bond donors (Lipinski definition) is 0. The zero-order valence-electron chi connectivity index (χ0n) is 11.5. The second-order valence-corrected chi connectivity index (χ2v) is 6.41. The molecule has 2 aliphatic rings. The van der Waals surface area contributed by atoms with Gasteiger partial charge in [-0.3, -0.25) is 4.90 Å². The molecule has 110 valence electrons. The van der Waals surface area contributed by atoms with Crippen molar-refractivity contribution < 1.29 is 4.74 Å². The van der Waals surface area contributed by atoms with Crippen molar-refractivity contribution in [2.45, 2.75) is 17.8 Å². The van der Waals surface area contributed by atoms with E-state index in [1.165, 1.54) is 12.1 Å². The fraction of sp³-hybridized carbons (Fsp3) is 0.600. The van der Waals surface area contributed by atoms with Gasteiger partial charge in [0, 0.05) is 48.3 Å². The van der Waals surface area contributed by atoms with Crippen LogP contribution in [0.4, 0.5) is 5.69 Å². The standard InChI is InChI=1S/C15H20BrClN2O/c16-10-12-1-2-13(9-15(12)17)19-4-3-14(11-19)18-5-7-20-8-6-18/h1-2,9,14H,3-8,10-11H2. The SMILES string of the molecule is Clc1cc(N2CCC(N3CCOCC3)C2)ccc1CBr. The van der Waals surface area contributed by atoms with Gasteiger partial charge in [0.2, 0.25) is 0 Å². The van der Waals surface area contributed by atoms with Crippen molar-refractivity contribution in [2.75, 3.05) is 44.3 Å². The minimum absolute atomic E-state index is 0.661. The van der Waals surface area contributed by atoms with E-state index in [1.54, 1.807) is 0 Å². The number of morpholine rings is 1. The Hall–Kier alpha value is -0.290. The van der Waals surface area contributed by atoms with Gasteiger partial charge in [-0.05, 0) is 24.1 Å². The molecule has 0 bridgehead atoms. The van der Waals surface area contributed by atoms with Crippen molar-refractivity contribution in [2.24, 2.45) is 0 Å². The van der Waals surface area contributed by atoms with Crippen LogP contribution in [0.2, 0.25) is 5.02 Å². The van der Waals surface area contributed by atoms with Crippen molar-refractivity contribution in [3.8, 4) is 0 Å². The second-order valence-electron chi connectivity index (χ2n) is 5.45. The largest absolute Gasteiger partial charge is 0.379 e. The van der Waals surface area contributed by atoms with Crippen LogP contribution in [0.5, 0.6) is 0 Å². The lowest BCUT2D eigenvalue weighted by Gasteiger charge is -2.32. The summed E-state index contributed by atoms with van der Waals surface area (Å²) in [6.07, 6.45) is 1.23. The molecular weight excluding hydrogens is 340 g/mol. The predicted molar refractivity (Wildman–Crippen MR) is 87.1 cm³/mol. The van der Waals surface area contributed by atoms with Gasteiger partial charge < -0.3 is 9.64 Å². The Labute approximate surface area is 134 Å². The summed E-state index contributed by atoms with van der Waals surface area (Å²) in [4.78, 5) is 5.02. The topological polar surface area (TPSA) is 15.7 Å². The average Bonchev–Trinajstić information content (AvgIpc) is 2.98. The molecule has 3 rings (SSSR count). The average molecular weight is 360 g/mol. The summed E-state index contributed by atoms with van der Waals surface area (Å²) < 4.78 is 5.43. The van der Waals surface area contributed by atoms with Gasteiger partial charge in [-0.15, -0.1) is 0 Å². The molecule has 20 heavy (non-hydrogen) atoms. The van der Waals surface area contributed by atoms with Crippen molar-refractivity contribution in [1.29, 1.82) is 0 Å². The fourth-order valence-corrected chi connectivity index (χ4v) is 3.95. The highest BCUT2D eigenvalue weighted by atomic mass is 79.9. The molecule has 0 saturated carbocycles. The highest BCUT2D eigenvalue weighted by Gasteiger charge is 2.28. The van der Waals surface area contributed by atoms with Gasteiger partial charge in [-0.2, -0.15) is 0 Å². The monoisotopic (exact) mass is 358 g/mol. The Morgan fingerprint density at radius 1 is 1.25 bits per heavy atom. The van der Waals surface area contributed by atoms with Crippen LogP contribution in [0.1, 0.15) is 12.0 Å². The first-order valence-corrected chi connectivity index (χ1v) is 8.69. The molecule has 0 spiro atoms. The van der Waals surface area contributed by atoms with Crippen LogP contribution in [-0.2, 0) is 10.1 Å². The van der Waals surface area contributed by atoms with E-state index in [-0.39, 0.29) is 0 Å². The molecule has 1 atom stereocenters. The number of hydrogen-bond acceptors (Lipinski definition) is 3. The Bertz CT molecular complexity index is 465. The summed E-state index contributed by atoms with van der Waals surface area (Å²) in [6, 6.07) is 7.06. The van der Waals surface area contributed by atoms with Gasteiger partial charge in [-0.1, -0.05) is 33.6 Å². The smallest absolute Gasteiger partial charge is 0.0594 e. The summed E-state index contributed by atoms with van der Waals surface area (Å²) in [6.45, 7) is 6.12. The van der Waals surface area contributed by atoms with Gasteiger partial charge in [0.15, 0.2) is 0 Å². The van der Waals surface area contributed by atoms with Crippen molar-refractivity contribution >= 4 is 33.2 Å². The van der Waals surface area contributed by atoms with Crippen LogP contribution in [0.3, 0.4) is 0 Å². The maximum atomic E-state index is 6.31. The lowest BCUT2D eigenvalue weighted by atomic mass is 10.2. The molecule has 2 heterocycles. The van der Waals surface area contributed by atoms with Gasteiger partial charge in [0.05, 0.1) is 13.2 Å². The molecule has 5 heteroatoms. The van der Waals surface area contributed by atoms with E-state index in [0.717, 1.165) is 55.3 Å². The molecule has 0 N–H and O–H groups in total. The van der Waals surface area contributed by atoms with Crippen molar-refractivity contribution in [3.05, 3.63) is 28.8 Å². The third kappa shape index (κ3) is 3.14. The number of ether oxygens (including phenoxy) is 1. The van der Waals surface area contributed by atoms with E-state index in [9.17, 15) is 0 Å². The zero-order chi connectivity index (χ0) is 13.9. The van der Waals surface area contributed by atoms with E-state index < -0.39 is 0 Å². The number of alkyl halides is 1. The van der Waals surface area contributed by atoms with Gasteiger partial charge >= 0.3 is 0 Å². The van der Waals surface area contributed by atoms with Crippen LogP contribution in [0.25, 0.3) is 0 Å². The molecule has 2 fully saturated rings. The van der Waals surface area contributed by atoms with Crippen LogP contribution < -0.4 is 4.90 Å². The van der Waals surface area contributed by atoms with E-state index in [4.69, 9.17) is 16.3 Å².